The average Bonchev–Trinajstić information content (AvgIpc) is 1.41. The summed E-state index contributed by atoms with van der Waals surface area (Å²) in [5.41, 5.74) is 3.38. The largest absolute Gasteiger partial charge is 0.459 e. The van der Waals surface area contributed by atoms with Gasteiger partial charge in [-0.15, -0.1) is 0 Å². The number of hydrogen-bond donors (Lipinski definition) is 0. The molecule has 8 aliphatic rings. The van der Waals surface area contributed by atoms with Gasteiger partial charge in [0.05, 0.1) is 35.8 Å². The Labute approximate surface area is 619 Å². The molecule has 2 aromatic rings. The first-order valence-corrected chi connectivity index (χ1v) is 45.1. The third-order valence-electron chi connectivity index (χ3n) is 28.1. The van der Waals surface area contributed by atoms with Crippen LogP contribution in [0.4, 0.5) is 0 Å². The van der Waals surface area contributed by atoms with Gasteiger partial charge >= 0.3 is 54.3 Å². The second-order valence-corrected chi connectivity index (χ2v) is 42.0. The molecule has 578 valence electrons. The summed E-state index contributed by atoms with van der Waals surface area (Å²) in [6.07, 6.45) is 20.6. The van der Waals surface area contributed by atoms with E-state index < -0.39 is 42.3 Å². The smallest absolute Gasteiger partial charge is 0.338 e. The summed E-state index contributed by atoms with van der Waals surface area (Å²) >= 11 is 0. The fraction of sp³-hybridized carbons (Fsp3) is 0.750. The Morgan fingerprint density at radius 1 is 0.413 bits per heavy atom. The van der Waals surface area contributed by atoms with Gasteiger partial charge in [-0.05, 0) is 291 Å². The van der Waals surface area contributed by atoms with E-state index in [0.29, 0.717) is 106 Å². The molecule has 104 heavy (non-hydrogen) atoms. The van der Waals surface area contributed by atoms with E-state index in [0.717, 1.165) is 64.2 Å². The zero-order valence-corrected chi connectivity index (χ0v) is 67.9. The number of rotatable bonds is 30. The fourth-order valence-electron chi connectivity index (χ4n) is 22.5. The van der Waals surface area contributed by atoms with Crippen LogP contribution in [0.15, 0.2) is 36.4 Å². The molecule has 8 fully saturated rings. The minimum Gasteiger partial charge on any atom is -0.459 e. The molecule has 18 atom stereocenters. The standard InChI is InChI=1S/C80H118O20P4/c1-53(67-25-27-69-65-23-21-61-47-63(31-35-77(61,3)71(65)33-37-79(67,69)5)99-75(83)59-43-55(49-101(85,89-7)90-8)41-56(44-59)50-102(86,91-9)92-10)19-29-73(81)97-39-17-15-16-18-40-98-74(82)30-20-54(2)68-26-28-70-66-24-22-62-48-64(32-36-78(62,4)72(66)34-38-80(68,70)6)100-76(84)60-45-57(51-103(87,93-11)94-12)42-58(46-60)52-104(88,95-13)96-14/h41-46,53-54,61-72H,19-40,47-52H2,1-14H3/t53-,54-,61-,62-,63-,64-,65+,66+,67-,68-,69+,70+,71+,72+,77+,78+,79-,80-/m1/s1. The summed E-state index contributed by atoms with van der Waals surface area (Å²) in [5.74, 6) is 16.2. The van der Waals surface area contributed by atoms with Crippen LogP contribution >= 0.6 is 30.4 Å². The van der Waals surface area contributed by atoms with Crippen LogP contribution in [-0.4, -0.2) is 106 Å². The predicted molar refractivity (Wildman–Crippen MR) is 397 cm³/mol. The van der Waals surface area contributed by atoms with Crippen molar-refractivity contribution in [2.45, 2.75) is 220 Å². The van der Waals surface area contributed by atoms with E-state index in [1.807, 2.05) is 0 Å². The summed E-state index contributed by atoms with van der Waals surface area (Å²) in [4.78, 5) is 54.1. The Morgan fingerprint density at radius 2 is 0.721 bits per heavy atom. The quantitative estimate of drug-likeness (QED) is 0.0305. The van der Waals surface area contributed by atoms with Gasteiger partial charge in [0, 0.05) is 69.7 Å². The van der Waals surface area contributed by atoms with E-state index in [-0.39, 0.29) is 94.8 Å². The van der Waals surface area contributed by atoms with Gasteiger partial charge in [0.25, 0.3) is 0 Å². The maximum Gasteiger partial charge on any atom is 0.338 e. The molecule has 0 unspecified atom stereocenters. The number of fused-ring (bicyclic) bond motifs is 10. The van der Waals surface area contributed by atoms with Crippen LogP contribution in [0, 0.1) is 116 Å². The Balaban J connectivity index is 0.618. The lowest BCUT2D eigenvalue weighted by Gasteiger charge is -2.61. The Kier molecular flexibility index (Phi) is 27.4. The van der Waals surface area contributed by atoms with Crippen molar-refractivity contribution in [3.05, 3.63) is 69.8 Å². The first-order valence-electron chi connectivity index (χ1n) is 38.2. The van der Waals surface area contributed by atoms with Crippen LogP contribution in [0.3, 0.4) is 0 Å². The monoisotopic (exact) mass is 1520 g/mol. The van der Waals surface area contributed by atoms with Crippen LogP contribution in [0.2, 0.25) is 0 Å². The molecular weight excluding hydrogens is 1400 g/mol. The van der Waals surface area contributed by atoms with Crippen LogP contribution in [0.25, 0.3) is 0 Å². The van der Waals surface area contributed by atoms with Crippen molar-refractivity contribution in [1.29, 1.82) is 0 Å². The highest BCUT2D eigenvalue weighted by Crippen LogP contribution is 2.71. The van der Waals surface area contributed by atoms with Crippen LogP contribution in [-0.2, 0) is 108 Å². The van der Waals surface area contributed by atoms with Crippen molar-refractivity contribution in [2.24, 2.45) is 92.7 Å². The number of hydrogen-bond acceptors (Lipinski definition) is 20. The van der Waals surface area contributed by atoms with Gasteiger partial charge in [-0.3, -0.25) is 27.8 Å². The van der Waals surface area contributed by atoms with Gasteiger partial charge in [0.2, 0.25) is 0 Å². The lowest BCUT2D eigenvalue weighted by atomic mass is 9.44. The van der Waals surface area contributed by atoms with E-state index in [2.05, 4.69) is 65.2 Å². The van der Waals surface area contributed by atoms with Gasteiger partial charge in [0.15, 0.2) is 13.2 Å². The minimum atomic E-state index is -3.49. The number of benzene rings is 2. The molecule has 0 spiro atoms. The van der Waals surface area contributed by atoms with Crippen molar-refractivity contribution < 1.29 is 92.6 Å². The maximum atomic E-state index is 14.0. The lowest BCUT2D eigenvalue weighted by molar-refractivity contribution is -0.144. The summed E-state index contributed by atoms with van der Waals surface area (Å²) in [7, 11) is -3.44. The molecule has 20 nitrogen and oxygen atoms in total. The van der Waals surface area contributed by atoms with Crippen molar-refractivity contribution in [3.8, 4) is 23.7 Å². The Hall–Kier alpha value is -3.96. The van der Waals surface area contributed by atoms with Crippen molar-refractivity contribution in [1.82, 2.24) is 0 Å². The molecule has 24 heteroatoms. The third-order valence-corrected chi connectivity index (χ3v) is 35.5. The second-order valence-electron chi connectivity index (χ2n) is 32.9. The highest BCUT2D eigenvalue weighted by atomic mass is 31.2. The van der Waals surface area contributed by atoms with Gasteiger partial charge in [-0.25, -0.2) is 9.59 Å². The zero-order chi connectivity index (χ0) is 75.2. The van der Waals surface area contributed by atoms with E-state index in [4.69, 9.17) is 55.1 Å². The molecule has 0 amide bonds. The summed E-state index contributed by atoms with van der Waals surface area (Å²) < 4.78 is 118. The molecule has 0 radical (unpaired) electrons. The van der Waals surface area contributed by atoms with Gasteiger partial charge in [-0.2, -0.15) is 0 Å². The van der Waals surface area contributed by atoms with Gasteiger partial charge < -0.3 is 55.1 Å². The van der Waals surface area contributed by atoms with Crippen LogP contribution in [0.1, 0.15) is 226 Å². The molecule has 0 heterocycles. The van der Waals surface area contributed by atoms with Crippen LogP contribution < -0.4 is 0 Å². The number of esters is 4. The highest BCUT2D eigenvalue weighted by Gasteiger charge is 2.63. The Bertz CT molecular complexity index is 3380. The van der Waals surface area contributed by atoms with Crippen LogP contribution in [0.5, 0.6) is 0 Å². The average molecular weight is 1520 g/mol. The molecule has 10 rings (SSSR count). The first kappa shape index (κ1) is 82.5. The SMILES string of the molecule is COP(=O)(Cc1cc(CP(=O)(OC)OC)cc(C(=O)O[C@@H]2CC[C@@]3(C)[C@H](CC[C@@H]4[C@@H]3CC[C@]3(C)[C@@H]([C@H](C)CCC(=O)OCC#CC#CCOC(=O)CC[C@@H](C)[C@H]5CC[C@H]6[C@@H]7CC[C@@H]8C[C@H](OC(=O)c9cc(CP(=O)(OC)OC)cc(CP(=O)(OC)OC)c9)CC[C@]8(C)[C@H]7CC[C@]56C)CC[C@@H]43)C2)c1)OC. The molecular formula is C80H118O20P4. The van der Waals surface area contributed by atoms with E-state index >= 15 is 0 Å². The lowest BCUT2D eigenvalue weighted by Crippen LogP contribution is -2.54. The number of carbonyl (C=O) groups excluding carboxylic acids is 4. The minimum absolute atomic E-state index is 0.0460. The van der Waals surface area contributed by atoms with Gasteiger partial charge in [0.1, 0.15) is 12.2 Å². The molecule has 0 saturated heterocycles. The zero-order valence-electron chi connectivity index (χ0n) is 64.3. The predicted octanol–water partition coefficient (Wildman–Crippen LogP) is 18.6. The highest BCUT2D eigenvalue weighted by molar-refractivity contribution is 7.53. The Morgan fingerprint density at radius 3 is 1.04 bits per heavy atom. The third kappa shape index (κ3) is 18.2. The fourth-order valence-corrected chi connectivity index (χ4v) is 26.7. The maximum absolute atomic E-state index is 14.0. The van der Waals surface area contributed by atoms with E-state index in [1.54, 1.807) is 36.4 Å². The summed E-state index contributed by atoms with van der Waals surface area (Å²) in [5, 5.41) is 0. The van der Waals surface area contributed by atoms with Crippen molar-refractivity contribution in [2.75, 3.05) is 70.1 Å². The molecule has 0 aromatic heterocycles. The number of carbonyl (C=O) groups is 4. The summed E-state index contributed by atoms with van der Waals surface area (Å²) in [6.45, 7) is 14.6. The molecule has 0 aliphatic heterocycles. The van der Waals surface area contributed by atoms with Crippen molar-refractivity contribution >= 4 is 54.3 Å². The van der Waals surface area contributed by atoms with E-state index in [9.17, 15) is 37.4 Å². The van der Waals surface area contributed by atoms with Crippen molar-refractivity contribution in [3.63, 3.8) is 0 Å². The molecule has 0 bridgehead atoms. The molecule has 2 aromatic carbocycles. The summed E-state index contributed by atoms with van der Waals surface area (Å²) in [6, 6.07) is 10.0. The number of ether oxygens (including phenoxy) is 4. The molecule has 8 aliphatic carbocycles. The molecule has 0 N–H and O–H groups in total. The molecule has 8 saturated carbocycles. The topological polar surface area (TPSA) is 247 Å². The second kappa shape index (κ2) is 34.5. The first-order chi connectivity index (χ1) is 49.4. The normalized spacial score (nSPS) is 32.2. The van der Waals surface area contributed by atoms with E-state index in [1.165, 1.54) is 121 Å². The van der Waals surface area contributed by atoms with Gasteiger partial charge in [-0.1, -0.05) is 53.7 Å².